The number of rotatable bonds is 3. The fourth-order valence-electron chi connectivity index (χ4n) is 1.15. The van der Waals surface area contributed by atoms with E-state index in [9.17, 15) is 0 Å². The summed E-state index contributed by atoms with van der Waals surface area (Å²) in [5.41, 5.74) is 8.10. The van der Waals surface area contributed by atoms with Gasteiger partial charge in [-0.15, -0.1) is 11.3 Å². The molecule has 0 unspecified atom stereocenters. The Balaban J connectivity index is 2.37. The average molecular weight is 194 g/mol. The highest BCUT2D eigenvalue weighted by atomic mass is 32.1. The van der Waals surface area contributed by atoms with E-state index in [0.29, 0.717) is 13.2 Å². The van der Waals surface area contributed by atoms with Crippen molar-refractivity contribution in [3.8, 4) is 5.75 Å². The highest BCUT2D eigenvalue weighted by Crippen LogP contribution is 2.26. The number of benzene rings is 1. The Morgan fingerprint density at radius 3 is 3.23 bits per heavy atom. The quantitative estimate of drug-likeness (QED) is 0.808. The van der Waals surface area contributed by atoms with Gasteiger partial charge in [0.1, 0.15) is 17.9 Å². The van der Waals surface area contributed by atoms with Crippen molar-refractivity contribution >= 4 is 21.6 Å². The SMILES string of the molecule is NCCOc1cccc2scnc12. The van der Waals surface area contributed by atoms with E-state index < -0.39 is 0 Å². The van der Waals surface area contributed by atoms with Gasteiger partial charge < -0.3 is 10.5 Å². The second kappa shape index (κ2) is 3.72. The second-order valence-corrected chi connectivity index (χ2v) is 3.48. The lowest BCUT2D eigenvalue weighted by atomic mass is 10.3. The highest BCUT2D eigenvalue weighted by molar-refractivity contribution is 7.16. The summed E-state index contributed by atoms with van der Waals surface area (Å²) in [6, 6.07) is 5.91. The van der Waals surface area contributed by atoms with Crippen LogP contribution in [0.1, 0.15) is 0 Å². The molecule has 0 radical (unpaired) electrons. The first-order valence-corrected chi connectivity index (χ1v) is 4.95. The summed E-state index contributed by atoms with van der Waals surface area (Å²) in [6.45, 7) is 1.07. The third-order valence-corrected chi connectivity index (χ3v) is 2.49. The van der Waals surface area contributed by atoms with Crippen LogP contribution >= 0.6 is 11.3 Å². The number of aromatic nitrogens is 1. The standard InChI is InChI=1S/C9H10N2OS/c10-4-5-12-7-2-1-3-8-9(7)11-6-13-8/h1-3,6H,4-5,10H2. The van der Waals surface area contributed by atoms with Crippen LogP contribution in [-0.2, 0) is 0 Å². The van der Waals surface area contributed by atoms with Crippen molar-refractivity contribution in [3.05, 3.63) is 23.7 Å². The van der Waals surface area contributed by atoms with Crippen LogP contribution in [0.3, 0.4) is 0 Å². The minimum absolute atomic E-state index is 0.528. The zero-order valence-corrected chi connectivity index (χ0v) is 7.88. The predicted molar refractivity (Wildman–Crippen MR) is 54.2 cm³/mol. The molecule has 0 saturated carbocycles. The van der Waals surface area contributed by atoms with Crippen molar-refractivity contribution in [3.63, 3.8) is 0 Å². The van der Waals surface area contributed by atoms with Crippen molar-refractivity contribution in [1.82, 2.24) is 4.98 Å². The van der Waals surface area contributed by atoms with Crippen molar-refractivity contribution < 1.29 is 4.74 Å². The maximum Gasteiger partial charge on any atom is 0.146 e. The molecule has 0 saturated heterocycles. The zero-order valence-electron chi connectivity index (χ0n) is 7.06. The van der Waals surface area contributed by atoms with Crippen molar-refractivity contribution in [1.29, 1.82) is 0 Å². The van der Waals surface area contributed by atoms with Crippen LogP contribution < -0.4 is 10.5 Å². The van der Waals surface area contributed by atoms with Gasteiger partial charge in [-0.3, -0.25) is 0 Å². The van der Waals surface area contributed by atoms with Gasteiger partial charge in [-0.25, -0.2) is 4.98 Å². The number of para-hydroxylation sites is 1. The summed E-state index contributed by atoms with van der Waals surface area (Å²) in [4.78, 5) is 4.22. The third-order valence-electron chi connectivity index (χ3n) is 1.70. The molecule has 0 atom stereocenters. The molecule has 1 heterocycles. The Labute approximate surface area is 80.2 Å². The number of hydrogen-bond acceptors (Lipinski definition) is 4. The predicted octanol–water partition coefficient (Wildman–Crippen LogP) is 1.63. The van der Waals surface area contributed by atoms with E-state index >= 15 is 0 Å². The molecular formula is C9H10N2OS. The van der Waals surface area contributed by atoms with Gasteiger partial charge in [0.05, 0.1) is 10.2 Å². The van der Waals surface area contributed by atoms with Gasteiger partial charge in [-0.1, -0.05) is 6.07 Å². The van der Waals surface area contributed by atoms with Crippen LogP contribution in [0, 0.1) is 0 Å². The molecule has 2 N–H and O–H groups in total. The maximum atomic E-state index is 5.45. The summed E-state index contributed by atoms with van der Waals surface area (Å²) < 4.78 is 6.59. The smallest absolute Gasteiger partial charge is 0.146 e. The number of ether oxygens (including phenoxy) is 1. The molecule has 3 nitrogen and oxygen atoms in total. The van der Waals surface area contributed by atoms with Crippen LogP contribution in [0.15, 0.2) is 23.7 Å². The molecule has 0 aliphatic heterocycles. The Hall–Kier alpha value is -1.13. The van der Waals surface area contributed by atoms with Gasteiger partial charge in [0.15, 0.2) is 0 Å². The Morgan fingerprint density at radius 2 is 2.38 bits per heavy atom. The van der Waals surface area contributed by atoms with Crippen molar-refractivity contribution in [2.45, 2.75) is 0 Å². The number of nitrogens with two attached hydrogens (primary N) is 1. The number of fused-ring (bicyclic) bond motifs is 1. The largest absolute Gasteiger partial charge is 0.490 e. The lowest BCUT2D eigenvalue weighted by Gasteiger charge is -2.03. The molecule has 4 heteroatoms. The fourth-order valence-corrected chi connectivity index (χ4v) is 1.84. The highest BCUT2D eigenvalue weighted by Gasteiger charge is 2.02. The molecule has 0 aliphatic carbocycles. The molecule has 13 heavy (non-hydrogen) atoms. The lowest BCUT2D eigenvalue weighted by Crippen LogP contribution is -2.10. The molecule has 1 aromatic heterocycles. The number of hydrogen-bond donors (Lipinski definition) is 1. The molecule has 0 amide bonds. The molecule has 0 aliphatic rings. The summed E-state index contributed by atoms with van der Waals surface area (Å²) in [6.07, 6.45) is 0. The number of nitrogens with zero attached hydrogens (tertiary/aromatic N) is 1. The van der Waals surface area contributed by atoms with E-state index in [4.69, 9.17) is 10.5 Å². The lowest BCUT2D eigenvalue weighted by molar-refractivity contribution is 0.331. The van der Waals surface area contributed by atoms with E-state index in [1.807, 2.05) is 23.7 Å². The molecular weight excluding hydrogens is 184 g/mol. The van der Waals surface area contributed by atoms with Gasteiger partial charge in [-0.05, 0) is 12.1 Å². The summed E-state index contributed by atoms with van der Waals surface area (Å²) >= 11 is 1.61. The van der Waals surface area contributed by atoms with Crippen LogP contribution in [0.4, 0.5) is 0 Å². The van der Waals surface area contributed by atoms with E-state index in [0.717, 1.165) is 16.0 Å². The monoisotopic (exact) mass is 194 g/mol. The van der Waals surface area contributed by atoms with Gasteiger partial charge >= 0.3 is 0 Å². The Kier molecular flexibility index (Phi) is 2.42. The third kappa shape index (κ3) is 1.64. The fraction of sp³-hybridized carbons (Fsp3) is 0.222. The molecule has 2 aromatic rings. The second-order valence-electron chi connectivity index (χ2n) is 2.59. The topological polar surface area (TPSA) is 48.1 Å². The maximum absolute atomic E-state index is 5.45. The first-order valence-electron chi connectivity index (χ1n) is 4.07. The number of thiazole rings is 1. The summed E-state index contributed by atoms with van der Waals surface area (Å²) in [7, 11) is 0. The molecule has 0 bridgehead atoms. The van der Waals surface area contributed by atoms with Crippen LogP contribution in [0.2, 0.25) is 0 Å². The van der Waals surface area contributed by atoms with Gasteiger partial charge in [0.2, 0.25) is 0 Å². The summed E-state index contributed by atoms with van der Waals surface area (Å²) in [5.74, 6) is 0.823. The van der Waals surface area contributed by atoms with Crippen LogP contribution in [0.25, 0.3) is 10.2 Å². The Morgan fingerprint density at radius 1 is 1.46 bits per heavy atom. The van der Waals surface area contributed by atoms with Gasteiger partial charge in [0, 0.05) is 6.54 Å². The Bertz CT molecular complexity index is 399. The summed E-state index contributed by atoms with van der Waals surface area (Å²) in [5, 5.41) is 0. The van der Waals surface area contributed by atoms with E-state index in [-0.39, 0.29) is 0 Å². The normalized spacial score (nSPS) is 10.5. The molecule has 2 rings (SSSR count). The minimum Gasteiger partial charge on any atom is -0.490 e. The van der Waals surface area contributed by atoms with Gasteiger partial charge in [0.25, 0.3) is 0 Å². The minimum atomic E-state index is 0.528. The van der Waals surface area contributed by atoms with E-state index in [2.05, 4.69) is 4.98 Å². The molecule has 1 aromatic carbocycles. The molecule has 0 fully saturated rings. The zero-order chi connectivity index (χ0) is 9.10. The molecule has 0 spiro atoms. The van der Waals surface area contributed by atoms with E-state index in [1.54, 1.807) is 11.3 Å². The average Bonchev–Trinajstić information content (AvgIpc) is 2.62. The van der Waals surface area contributed by atoms with Crippen molar-refractivity contribution in [2.24, 2.45) is 5.73 Å². The first-order chi connectivity index (χ1) is 6.42. The van der Waals surface area contributed by atoms with Crippen LogP contribution in [0.5, 0.6) is 5.75 Å². The first kappa shape index (κ1) is 8.47. The molecule has 68 valence electrons. The van der Waals surface area contributed by atoms with E-state index in [1.165, 1.54) is 0 Å². The van der Waals surface area contributed by atoms with Gasteiger partial charge in [-0.2, -0.15) is 0 Å². The van der Waals surface area contributed by atoms with Crippen molar-refractivity contribution in [2.75, 3.05) is 13.2 Å². The van der Waals surface area contributed by atoms with Crippen LogP contribution in [-0.4, -0.2) is 18.1 Å².